The highest BCUT2D eigenvalue weighted by Crippen LogP contribution is 2.30. The van der Waals surface area contributed by atoms with Crippen molar-refractivity contribution in [3.63, 3.8) is 0 Å². The highest BCUT2D eigenvalue weighted by molar-refractivity contribution is 5.79. The van der Waals surface area contributed by atoms with Crippen molar-refractivity contribution in [2.75, 3.05) is 0 Å². The van der Waals surface area contributed by atoms with Crippen molar-refractivity contribution >= 4 is 6.29 Å². The summed E-state index contributed by atoms with van der Waals surface area (Å²) in [6.45, 7) is 0.949. The van der Waals surface area contributed by atoms with Crippen molar-refractivity contribution in [2.45, 2.75) is 25.7 Å². The first kappa shape index (κ1) is 29.2. The molecule has 0 bridgehead atoms. The summed E-state index contributed by atoms with van der Waals surface area (Å²) in [6.07, 6.45) is 0.870. The molecule has 0 saturated heterocycles. The summed E-state index contributed by atoms with van der Waals surface area (Å²) < 4.78 is 22.5. The molecule has 0 radical (unpaired) electrons. The summed E-state index contributed by atoms with van der Waals surface area (Å²) in [5.41, 5.74) is 11.8. The molecule has 0 spiro atoms. The van der Waals surface area contributed by atoms with Crippen molar-refractivity contribution < 1.29 is 23.3 Å². The summed E-state index contributed by atoms with van der Waals surface area (Å²) in [6, 6.07) is 35.9. The average Bonchev–Trinajstić information content (AvgIpc) is 3.76. The van der Waals surface area contributed by atoms with Crippen LogP contribution in [0.1, 0.15) is 39.0 Å². The van der Waals surface area contributed by atoms with Crippen LogP contribution in [0.4, 0.5) is 0 Å². The molecule has 6 aromatic rings. The van der Waals surface area contributed by atoms with Crippen molar-refractivity contribution in [1.29, 1.82) is 0 Å². The van der Waals surface area contributed by atoms with Crippen molar-refractivity contribution in [3.05, 3.63) is 143 Å². The van der Waals surface area contributed by atoms with E-state index in [4.69, 9.17) is 24.3 Å². The molecule has 0 aliphatic heterocycles. The average molecular weight is 596 g/mol. The fourth-order valence-electron chi connectivity index (χ4n) is 4.67. The third-order valence-electron chi connectivity index (χ3n) is 7.03. The van der Waals surface area contributed by atoms with Gasteiger partial charge >= 0.3 is 0 Å². The van der Waals surface area contributed by atoms with Crippen molar-refractivity contribution in [3.8, 4) is 45.9 Å². The van der Waals surface area contributed by atoms with E-state index in [-0.39, 0.29) is 12.2 Å². The number of carbonyl (C=O) groups is 1. The number of rotatable bonds is 11. The Morgan fingerprint density at radius 1 is 0.733 bits per heavy atom. The molecule has 8 nitrogen and oxygen atoms in total. The monoisotopic (exact) mass is 595 g/mol. The normalized spacial score (nSPS) is 11.3. The Bertz CT molecular complexity index is 1900. The van der Waals surface area contributed by atoms with Gasteiger partial charge in [-0.05, 0) is 59.7 Å². The number of carbonyl (C=O) groups excluding carboxylic acids is 1. The maximum absolute atomic E-state index is 11.7. The Morgan fingerprint density at radius 2 is 1.31 bits per heavy atom. The Balaban J connectivity index is 1.08. The van der Waals surface area contributed by atoms with E-state index in [2.05, 4.69) is 22.2 Å². The fraction of sp³-hybridized carbons (Fsp3) is 0.108. The number of ether oxygens (including phenoxy) is 2. The number of benzene rings is 4. The Morgan fingerprint density at radius 3 is 1.89 bits per heavy atom. The smallest absolute Gasteiger partial charge is 0.205 e. The molecule has 4 aromatic carbocycles. The number of hydrogen-bond acceptors (Lipinski definition) is 8. The first-order valence-corrected chi connectivity index (χ1v) is 14.3. The maximum atomic E-state index is 11.7. The first-order valence-electron chi connectivity index (χ1n) is 14.3. The second-order valence-electron chi connectivity index (χ2n) is 10.2. The van der Waals surface area contributed by atoms with Crippen LogP contribution in [0.3, 0.4) is 0 Å². The second-order valence-corrected chi connectivity index (χ2v) is 10.2. The van der Waals surface area contributed by atoms with Gasteiger partial charge in [0.05, 0.1) is 18.0 Å². The fourth-order valence-corrected chi connectivity index (χ4v) is 4.67. The molecule has 45 heavy (non-hydrogen) atoms. The molecular weight excluding hydrogens is 566 g/mol. The lowest BCUT2D eigenvalue weighted by Gasteiger charge is -2.08. The zero-order chi connectivity index (χ0) is 30.8. The molecule has 1 unspecified atom stereocenters. The minimum atomic E-state index is -0.814. The lowest BCUT2D eigenvalue weighted by Crippen LogP contribution is -2.10. The van der Waals surface area contributed by atoms with Crippen molar-refractivity contribution in [1.82, 2.24) is 10.3 Å². The van der Waals surface area contributed by atoms with Gasteiger partial charge < -0.3 is 24.3 Å². The lowest BCUT2D eigenvalue weighted by atomic mass is 10.0. The van der Waals surface area contributed by atoms with E-state index in [0.717, 1.165) is 28.0 Å². The molecule has 6 rings (SSSR count). The van der Waals surface area contributed by atoms with Crippen LogP contribution in [0, 0.1) is 11.8 Å². The molecule has 1 atom stereocenters. The number of aromatic nitrogens is 2. The van der Waals surface area contributed by atoms with Gasteiger partial charge in [0.2, 0.25) is 5.76 Å². The Kier molecular flexibility index (Phi) is 9.10. The molecular formula is C37H29N3O5. The minimum absolute atomic E-state index is 0.0364. The predicted molar refractivity (Wildman–Crippen MR) is 169 cm³/mol. The standard InChI is InChI=1S/C37H29N3O5/c38-33(36-35(23-41)45-40-37(36)29-16-20-31(21-17-29)43-25-27-10-5-2-6-11-27)13-7-12-32-22-34(39-44-32)28-14-18-30(19-15-28)42-24-26-8-3-1-4-9-26/h1-6,8-11,14-23,33H,12,24-25,38H2. The molecule has 2 heterocycles. The van der Waals surface area contributed by atoms with Gasteiger partial charge in [-0.1, -0.05) is 82.8 Å². The van der Waals surface area contributed by atoms with E-state index in [9.17, 15) is 4.79 Å². The van der Waals surface area contributed by atoms with Gasteiger partial charge in [-0.3, -0.25) is 4.79 Å². The van der Waals surface area contributed by atoms with E-state index in [1.165, 1.54) is 0 Å². The third kappa shape index (κ3) is 7.36. The Hall–Kier alpha value is -5.91. The van der Waals surface area contributed by atoms with Crippen LogP contribution in [0.2, 0.25) is 0 Å². The summed E-state index contributed by atoms with van der Waals surface area (Å²) in [5.74, 6) is 8.11. The summed E-state index contributed by atoms with van der Waals surface area (Å²) in [5, 5.41) is 8.28. The number of hydrogen-bond donors (Lipinski definition) is 1. The quantitative estimate of drug-likeness (QED) is 0.123. The van der Waals surface area contributed by atoms with E-state index in [1.54, 1.807) is 0 Å². The highest BCUT2D eigenvalue weighted by Gasteiger charge is 2.22. The predicted octanol–water partition coefficient (Wildman–Crippen LogP) is 7.21. The van der Waals surface area contributed by atoms with E-state index < -0.39 is 6.04 Å². The maximum Gasteiger partial charge on any atom is 0.205 e. The molecule has 2 aromatic heterocycles. The van der Waals surface area contributed by atoms with Crippen molar-refractivity contribution in [2.24, 2.45) is 5.73 Å². The SMILES string of the molecule is NC(C#CCc1cc(-c2ccc(OCc3ccccc3)cc2)no1)c1c(-c2ccc(OCc3ccccc3)cc2)noc1C=O. The van der Waals surface area contributed by atoms with Gasteiger partial charge in [0, 0.05) is 17.2 Å². The molecule has 0 fully saturated rings. The van der Waals surface area contributed by atoms with Crippen LogP contribution in [0.5, 0.6) is 11.5 Å². The highest BCUT2D eigenvalue weighted by atomic mass is 16.5. The number of nitrogens with two attached hydrogens (primary N) is 1. The zero-order valence-corrected chi connectivity index (χ0v) is 24.3. The van der Waals surface area contributed by atoms with Gasteiger partial charge in [-0.25, -0.2) is 0 Å². The lowest BCUT2D eigenvalue weighted by molar-refractivity contribution is 0.109. The van der Waals surface area contributed by atoms with Crippen LogP contribution in [0.25, 0.3) is 22.5 Å². The van der Waals surface area contributed by atoms with Crippen LogP contribution in [-0.4, -0.2) is 16.6 Å². The van der Waals surface area contributed by atoms with Crippen LogP contribution < -0.4 is 15.2 Å². The van der Waals surface area contributed by atoms with Gasteiger partial charge in [-0.2, -0.15) is 0 Å². The summed E-state index contributed by atoms with van der Waals surface area (Å²) in [7, 11) is 0. The Labute approximate surface area is 260 Å². The number of nitrogens with zero attached hydrogens (tertiary/aromatic N) is 2. The van der Waals surface area contributed by atoms with Gasteiger partial charge in [0.25, 0.3) is 0 Å². The van der Waals surface area contributed by atoms with E-state index >= 15 is 0 Å². The zero-order valence-electron chi connectivity index (χ0n) is 24.3. The molecule has 8 heteroatoms. The van der Waals surface area contributed by atoms with Crippen LogP contribution in [0.15, 0.2) is 124 Å². The molecule has 0 aliphatic rings. The molecule has 222 valence electrons. The minimum Gasteiger partial charge on any atom is -0.489 e. The molecule has 0 saturated carbocycles. The topological polar surface area (TPSA) is 114 Å². The molecule has 0 aliphatic carbocycles. The van der Waals surface area contributed by atoms with E-state index in [1.807, 2.05) is 115 Å². The van der Waals surface area contributed by atoms with Gasteiger partial charge in [-0.15, -0.1) is 0 Å². The van der Waals surface area contributed by atoms with Crippen LogP contribution in [-0.2, 0) is 19.6 Å². The van der Waals surface area contributed by atoms with Crippen LogP contribution >= 0.6 is 0 Å². The third-order valence-corrected chi connectivity index (χ3v) is 7.03. The molecule has 0 amide bonds. The molecule has 2 N–H and O–H groups in total. The largest absolute Gasteiger partial charge is 0.489 e. The summed E-state index contributed by atoms with van der Waals surface area (Å²) >= 11 is 0. The first-order chi connectivity index (χ1) is 22.2. The number of aldehydes is 1. The van der Waals surface area contributed by atoms with Gasteiger partial charge in [0.1, 0.15) is 41.9 Å². The summed E-state index contributed by atoms with van der Waals surface area (Å²) in [4.78, 5) is 11.7. The second kappa shape index (κ2) is 14.0. The van der Waals surface area contributed by atoms with Gasteiger partial charge in [0.15, 0.2) is 6.29 Å². The van der Waals surface area contributed by atoms with E-state index in [0.29, 0.717) is 48.0 Å².